The molecule has 0 bridgehead atoms. The SMILES string of the molecule is COc1ccc(NC(=O)C[NH+]2CCCCCCC2)cc1OC. The molecule has 1 fully saturated rings. The summed E-state index contributed by atoms with van der Waals surface area (Å²) in [6.07, 6.45) is 6.37. The minimum Gasteiger partial charge on any atom is -0.493 e. The van der Waals surface area contributed by atoms with Gasteiger partial charge in [0.2, 0.25) is 0 Å². The second-order valence-corrected chi connectivity index (χ2v) is 5.81. The molecule has 5 nitrogen and oxygen atoms in total. The molecule has 22 heavy (non-hydrogen) atoms. The topological polar surface area (TPSA) is 52.0 Å². The molecule has 5 heteroatoms. The van der Waals surface area contributed by atoms with Gasteiger partial charge in [-0.2, -0.15) is 0 Å². The van der Waals surface area contributed by atoms with Crippen molar-refractivity contribution in [3.63, 3.8) is 0 Å². The van der Waals surface area contributed by atoms with Gasteiger partial charge in [-0.25, -0.2) is 0 Å². The maximum atomic E-state index is 12.2. The predicted octanol–water partition coefficient (Wildman–Crippen LogP) is 1.49. The molecule has 2 rings (SSSR count). The van der Waals surface area contributed by atoms with Crippen molar-refractivity contribution in [3.05, 3.63) is 18.2 Å². The number of ether oxygens (including phenoxy) is 2. The highest BCUT2D eigenvalue weighted by molar-refractivity contribution is 5.91. The summed E-state index contributed by atoms with van der Waals surface area (Å²) in [6.45, 7) is 2.73. The summed E-state index contributed by atoms with van der Waals surface area (Å²) in [6, 6.07) is 5.43. The molecule has 1 aromatic rings. The van der Waals surface area contributed by atoms with Crippen LogP contribution in [0, 0.1) is 0 Å². The lowest BCUT2D eigenvalue weighted by Gasteiger charge is -2.21. The van der Waals surface area contributed by atoms with Gasteiger partial charge < -0.3 is 19.7 Å². The van der Waals surface area contributed by atoms with Gasteiger partial charge in [0.25, 0.3) is 5.91 Å². The van der Waals surface area contributed by atoms with E-state index in [0.717, 1.165) is 18.8 Å². The van der Waals surface area contributed by atoms with Crippen molar-refractivity contribution in [2.24, 2.45) is 0 Å². The zero-order valence-electron chi connectivity index (χ0n) is 13.6. The normalized spacial score (nSPS) is 16.5. The molecule has 1 aromatic carbocycles. The van der Waals surface area contributed by atoms with Crippen molar-refractivity contribution in [1.29, 1.82) is 0 Å². The van der Waals surface area contributed by atoms with E-state index in [4.69, 9.17) is 9.47 Å². The molecule has 0 radical (unpaired) electrons. The molecule has 0 atom stereocenters. The van der Waals surface area contributed by atoms with E-state index in [9.17, 15) is 4.79 Å². The second-order valence-electron chi connectivity index (χ2n) is 5.81. The van der Waals surface area contributed by atoms with Gasteiger partial charge >= 0.3 is 0 Å². The first kappa shape index (κ1) is 16.6. The van der Waals surface area contributed by atoms with Crippen LogP contribution in [0.5, 0.6) is 11.5 Å². The molecule has 122 valence electrons. The van der Waals surface area contributed by atoms with Gasteiger partial charge in [-0.3, -0.25) is 4.79 Å². The molecule has 0 aliphatic carbocycles. The summed E-state index contributed by atoms with van der Waals surface area (Å²) >= 11 is 0. The summed E-state index contributed by atoms with van der Waals surface area (Å²) in [5, 5.41) is 2.96. The average Bonchev–Trinajstić information content (AvgIpc) is 2.49. The van der Waals surface area contributed by atoms with Crippen LogP contribution >= 0.6 is 0 Å². The maximum Gasteiger partial charge on any atom is 0.279 e. The number of likely N-dealkylation sites (tertiary alicyclic amines) is 1. The number of benzene rings is 1. The highest BCUT2D eigenvalue weighted by Crippen LogP contribution is 2.29. The third-order valence-corrected chi connectivity index (χ3v) is 4.14. The number of anilines is 1. The number of carbonyl (C=O) groups is 1. The molecule has 2 N–H and O–H groups in total. The van der Waals surface area contributed by atoms with E-state index in [1.165, 1.54) is 37.0 Å². The lowest BCUT2D eigenvalue weighted by atomic mass is 10.1. The molecule has 0 unspecified atom stereocenters. The quantitative estimate of drug-likeness (QED) is 0.866. The van der Waals surface area contributed by atoms with Crippen LogP contribution in [0.25, 0.3) is 0 Å². The summed E-state index contributed by atoms with van der Waals surface area (Å²) in [4.78, 5) is 13.6. The summed E-state index contributed by atoms with van der Waals surface area (Å²) in [7, 11) is 3.19. The first-order chi connectivity index (χ1) is 10.7. The van der Waals surface area contributed by atoms with E-state index in [-0.39, 0.29) is 5.91 Å². The van der Waals surface area contributed by atoms with Gasteiger partial charge in [0.05, 0.1) is 27.3 Å². The van der Waals surface area contributed by atoms with Crippen LogP contribution in [0.3, 0.4) is 0 Å². The Labute approximate surface area is 132 Å². The van der Waals surface area contributed by atoms with Crippen LogP contribution in [-0.4, -0.2) is 39.8 Å². The van der Waals surface area contributed by atoms with E-state index in [2.05, 4.69) is 5.32 Å². The molecule has 0 aromatic heterocycles. The highest BCUT2D eigenvalue weighted by Gasteiger charge is 2.16. The van der Waals surface area contributed by atoms with E-state index in [0.29, 0.717) is 18.0 Å². The molecule has 1 amide bonds. The molecule has 0 saturated carbocycles. The number of methoxy groups -OCH3 is 2. The Balaban J connectivity index is 1.90. The molecule has 1 saturated heterocycles. The van der Waals surface area contributed by atoms with Crippen molar-refractivity contribution in [3.8, 4) is 11.5 Å². The standard InChI is InChI=1S/C17H26N2O3/c1-21-15-9-8-14(12-16(15)22-2)18-17(20)13-19-10-6-4-3-5-7-11-19/h8-9,12H,3-7,10-11,13H2,1-2H3,(H,18,20)/p+1. The fraction of sp³-hybridized carbons (Fsp3) is 0.588. The van der Waals surface area contributed by atoms with Crippen molar-refractivity contribution < 1.29 is 19.2 Å². The monoisotopic (exact) mass is 307 g/mol. The number of hydrogen-bond acceptors (Lipinski definition) is 3. The van der Waals surface area contributed by atoms with E-state index in [1.54, 1.807) is 26.4 Å². The lowest BCUT2D eigenvalue weighted by molar-refractivity contribution is -0.892. The van der Waals surface area contributed by atoms with Crippen LogP contribution in [0.15, 0.2) is 18.2 Å². The van der Waals surface area contributed by atoms with Crippen LogP contribution in [0.4, 0.5) is 5.69 Å². The Morgan fingerprint density at radius 2 is 1.68 bits per heavy atom. The van der Waals surface area contributed by atoms with Crippen LogP contribution < -0.4 is 19.7 Å². The highest BCUT2D eigenvalue weighted by atomic mass is 16.5. The Bertz CT molecular complexity index is 483. The van der Waals surface area contributed by atoms with Gasteiger partial charge in [0, 0.05) is 11.8 Å². The molecule has 0 spiro atoms. The number of quaternary nitrogens is 1. The Morgan fingerprint density at radius 1 is 1.05 bits per heavy atom. The van der Waals surface area contributed by atoms with Crippen LogP contribution in [0.2, 0.25) is 0 Å². The van der Waals surface area contributed by atoms with Crippen LogP contribution in [-0.2, 0) is 4.79 Å². The Morgan fingerprint density at radius 3 is 2.32 bits per heavy atom. The molecule has 1 aliphatic heterocycles. The summed E-state index contributed by atoms with van der Waals surface area (Å²) < 4.78 is 10.5. The van der Waals surface area contributed by atoms with Crippen molar-refractivity contribution in [2.75, 3.05) is 39.2 Å². The minimum absolute atomic E-state index is 0.0581. The zero-order valence-corrected chi connectivity index (χ0v) is 13.6. The Kier molecular flexibility index (Phi) is 6.52. The first-order valence-corrected chi connectivity index (χ1v) is 8.08. The maximum absolute atomic E-state index is 12.2. The molecule has 1 heterocycles. The predicted molar refractivity (Wildman–Crippen MR) is 86.8 cm³/mol. The molecular weight excluding hydrogens is 280 g/mol. The third-order valence-electron chi connectivity index (χ3n) is 4.14. The molecular formula is C17H27N2O3+. The van der Waals surface area contributed by atoms with Crippen molar-refractivity contribution >= 4 is 11.6 Å². The second kappa shape index (κ2) is 8.63. The van der Waals surface area contributed by atoms with E-state index in [1.807, 2.05) is 6.07 Å². The smallest absolute Gasteiger partial charge is 0.279 e. The number of carbonyl (C=O) groups excluding carboxylic acids is 1. The minimum atomic E-state index is 0.0581. The van der Waals surface area contributed by atoms with Crippen molar-refractivity contribution in [1.82, 2.24) is 0 Å². The van der Waals surface area contributed by atoms with Gasteiger partial charge in [0.15, 0.2) is 18.0 Å². The average molecular weight is 307 g/mol. The fourth-order valence-corrected chi connectivity index (χ4v) is 2.93. The van der Waals surface area contributed by atoms with Gasteiger partial charge in [-0.15, -0.1) is 0 Å². The van der Waals surface area contributed by atoms with Crippen LogP contribution in [0.1, 0.15) is 32.1 Å². The largest absolute Gasteiger partial charge is 0.493 e. The summed E-state index contributed by atoms with van der Waals surface area (Å²) in [5.74, 6) is 1.34. The summed E-state index contributed by atoms with van der Waals surface area (Å²) in [5.41, 5.74) is 0.745. The Hall–Kier alpha value is -1.75. The lowest BCUT2D eigenvalue weighted by Crippen LogP contribution is -3.13. The van der Waals surface area contributed by atoms with Crippen molar-refractivity contribution in [2.45, 2.75) is 32.1 Å². The first-order valence-electron chi connectivity index (χ1n) is 8.08. The fourth-order valence-electron chi connectivity index (χ4n) is 2.93. The number of hydrogen-bond donors (Lipinski definition) is 2. The number of rotatable bonds is 5. The number of amides is 1. The third kappa shape index (κ3) is 4.91. The van der Waals surface area contributed by atoms with Gasteiger partial charge in [0.1, 0.15) is 0 Å². The van der Waals surface area contributed by atoms with Gasteiger partial charge in [-0.05, 0) is 37.8 Å². The van der Waals surface area contributed by atoms with E-state index < -0.39 is 0 Å². The van der Waals surface area contributed by atoms with Gasteiger partial charge in [-0.1, -0.05) is 6.42 Å². The zero-order chi connectivity index (χ0) is 15.8. The number of nitrogens with one attached hydrogen (secondary N) is 2. The molecule has 1 aliphatic rings. The van der Waals surface area contributed by atoms with E-state index >= 15 is 0 Å².